The zero-order valence-electron chi connectivity index (χ0n) is 12.9. The van der Waals surface area contributed by atoms with Gasteiger partial charge in [0.15, 0.2) is 6.61 Å². The van der Waals surface area contributed by atoms with E-state index < -0.39 is 0 Å². The Labute approximate surface area is 125 Å². The third-order valence-corrected chi connectivity index (χ3v) is 3.62. The standard InChI is InChI=1S/C17H21NO3/c1-12-7-8-13(2)16(10-12)21-11-17(19)18(4)14(3)15-6-5-9-20-15/h5-10,14H,11H2,1-4H3. The number of furan rings is 1. The number of nitrogens with zero attached hydrogens (tertiary/aromatic N) is 1. The third kappa shape index (κ3) is 3.66. The van der Waals surface area contributed by atoms with Crippen LogP contribution in [0.25, 0.3) is 0 Å². The number of ether oxygens (including phenoxy) is 1. The summed E-state index contributed by atoms with van der Waals surface area (Å²) in [7, 11) is 1.75. The molecule has 0 spiro atoms. The van der Waals surface area contributed by atoms with Gasteiger partial charge in [-0.05, 0) is 50.1 Å². The molecule has 2 aromatic rings. The Hall–Kier alpha value is -2.23. The molecule has 0 aliphatic carbocycles. The molecule has 112 valence electrons. The molecule has 0 N–H and O–H groups in total. The molecule has 1 unspecified atom stereocenters. The number of carbonyl (C=O) groups is 1. The van der Waals surface area contributed by atoms with E-state index in [1.54, 1.807) is 18.2 Å². The molecule has 0 fully saturated rings. The number of rotatable bonds is 5. The Balaban J connectivity index is 1.96. The Morgan fingerprint density at radius 3 is 2.76 bits per heavy atom. The quantitative estimate of drug-likeness (QED) is 0.845. The second-order valence-corrected chi connectivity index (χ2v) is 5.25. The van der Waals surface area contributed by atoms with Gasteiger partial charge in [-0.25, -0.2) is 0 Å². The van der Waals surface area contributed by atoms with Crippen LogP contribution in [0.3, 0.4) is 0 Å². The van der Waals surface area contributed by atoms with Gasteiger partial charge in [0.25, 0.3) is 5.91 Å². The van der Waals surface area contributed by atoms with Gasteiger partial charge in [-0.3, -0.25) is 4.79 Å². The maximum atomic E-state index is 12.2. The highest BCUT2D eigenvalue weighted by Gasteiger charge is 2.19. The molecule has 1 aromatic carbocycles. The van der Waals surface area contributed by atoms with Crippen LogP contribution in [0.15, 0.2) is 41.0 Å². The molecule has 0 radical (unpaired) electrons. The summed E-state index contributed by atoms with van der Waals surface area (Å²) in [6.45, 7) is 5.91. The van der Waals surface area contributed by atoms with Crippen molar-refractivity contribution in [1.82, 2.24) is 4.90 Å². The van der Waals surface area contributed by atoms with Gasteiger partial charge in [0, 0.05) is 7.05 Å². The Morgan fingerprint density at radius 1 is 1.33 bits per heavy atom. The number of benzene rings is 1. The van der Waals surface area contributed by atoms with Crippen LogP contribution in [-0.4, -0.2) is 24.5 Å². The molecule has 0 aliphatic heterocycles. The molecule has 1 amide bonds. The van der Waals surface area contributed by atoms with Gasteiger partial charge >= 0.3 is 0 Å². The van der Waals surface area contributed by atoms with Gasteiger partial charge < -0.3 is 14.1 Å². The molecular weight excluding hydrogens is 266 g/mol. The number of likely N-dealkylation sites (N-methyl/N-ethyl adjacent to an activating group) is 1. The maximum Gasteiger partial charge on any atom is 0.260 e. The summed E-state index contributed by atoms with van der Waals surface area (Å²) in [4.78, 5) is 13.8. The third-order valence-electron chi connectivity index (χ3n) is 3.62. The maximum absolute atomic E-state index is 12.2. The lowest BCUT2D eigenvalue weighted by molar-refractivity contribution is -0.134. The normalized spacial score (nSPS) is 12.0. The van der Waals surface area contributed by atoms with Gasteiger partial charge in [-0.2, -0.15) is 0 Å². The molecule has 2 rings (SSSR count). The van der Waals surface area contributed by atoms with Crippen molar-refractivity contribution in [3.8, 4) is 5.75 Å². The van der Waals surface area contributed by atoms with Crippen LogP contribution in [0.4, 0.5) is 0 Å². The van der Waals surface area contributed by atoms with Crippen molar-refractivity contribution in [3.63, 3.8) is 0 Å². The van der Waals surface area contributed by atoms with E-state index in [4.69, 9.17) is 9.15 Å². The first-order valence-electron chi connectivity index (χ1n) is 6.98. The van der Waals surface area contributed by atoms with Crippen LogP contribution in [0.2, 0.25) is 0 Å². The van der Waals surface area contributed by atoms with Crippen LogP contribution in [0.5, 0.6) is 5.75 Å². The summed E-state index contributed by atoms with van der Waals surface area (Å²) < 4.78 is 11.0. The first-order valence-corrected chi connectivity index (χ1v) is 6.98. The first-order chi connectivity index (χ1) is 9.99. The zero-order chi connectivity index (χ0) is 15.4. The van der Waals surface area contributed by atoms with Gasteiger partial charge in [0.1, 0.15) is 11.5 Å². The summed E-state index contributed by atoms with van der Waals surface area (Å²) in [5.41, 5.74) is 2.13. The highest BCUT2D eigenvalue weighted by molar-refractivity contribution is 5.78. The molecule has 0 saturated heterocycles. The molecular formula is C17H21NO3. The minimum Gasteiger partial charge on any atom is -0.483 e. The Morgan fingerprint density at radius 2 is 2.10 bits per heavy atom. The number of carbonyl (C=O) groups excluding carboxylic acids is 1. The Bertz CT molecular complexity index is 605. The summed E-state index contributed by atoms with van der Waals surface area (Å²) in [5.74, 6) is 1.43. The van der Waals surface area contributed by atoms with Crippen molar-refractivity contribution in [1.29, 1.82) is 0 Å². The topological polar surface area (TPSA) is 42.7 Å². The van der Waals surface area contributed by atoms with Crippen LogP contribution in [0.1, 0.15) is 29.9 Å². The smallest absolute Gasteiger partial charge is 0.260 e. The fourth-order valence-corrected chi connectivity index (χ4v) is 2.04. The molecule has 0 bridgehead atoms. The van der Waals surface area contributed by atoms with E-state index in [2.05, 4.69) is 0 Å². The molecule has 0 saturated carbocycles. The first kappa shape index (κ1) is 15.2. The minimum atomic E-state index is -0.116. The summed E-state index contributed by atoms with van der Waals surface area (Å²) in [6, 6.07) is 9.52. The van der Waals surface area contributed by atoms with Crippen molar-refractivity contribution in [2.45, 2.75) is 26.8 Å². The molecule has 4 heteroatoms. The second-order valence-electron chi connectivity index (χ2n) is 5.25. The predicted molar refractivity (Wildman–Crippen MR) is 81.3 cm³/mol. The monoisotopic (exact) mass is 287 g/mol. The van der Waals surface area contributed by atoms with Crippen LogP contribution >= 0.6 is 0 Å². The molecule has 1 heterocycles. The number of aryl methyl sites for hydroxylation is 2. The fraction of sp³-hybridized carbons (Fsp3) is 0.353. The molecule has 0 aliphatic rings. The average Bonchev–Trinajstić information content (AvgIpc) is 3.00. The van der Waals surface area contributed by atoms with Crippen molar-refractivity contribution in [2.24, 2.45) is 0 Å². The van der Waals surface area contributed by atoms with Crippen molar-refractivity contribution < 1.29 is 13.9 Å². The van der Waals surface area contributed by atoms with Crippen molar-refractivity contribution in [2.75, 3.05) is 13.7 Å². The number of hydrogen-bond donors (Lipinski definition) is 0. The zero-order valence-corrected chi connectivity index (χ0v) is 12.9. The highest BCUT2D eigenvalue weighted by Crippen LogP contribution is 2.21. The minimum absolute atomic E-state index is 0.0197. The van der Waals surface area contributed by atoms with Gasteiger partial charge in [-0.15, -0.1) is 0 Å². The lowest BCUT2D eigenvalue weighted by Gasteiger charge is -2.23. The highest BCUT2D eigenvalue weighted by atomic mass is 16.5. The van der Waals surface area contributed by atoms with Crippen LogP contribution in [0, 0.1) is 13.8 Å². The van der Waals surface area contributed by atoms with E-state index in [9.17, 15) is 4.79 Å². The van der Waals surface area contributed by atoms with E-state index in [0.717, 1.165) is 22.6 Å². The number of amides is 1. The summed E-state index contributed by atoms with van der Waals surface area (Å²) in [5, 5.41) is 0. The molecule has 21 heavy (non-hydrogen) atoms. The average molecular weight is 287 g/mol. The second kappa shape index (κ2) is 6.48. The lowest BCUT2D eigenvalue weighted by Crippen LogP contribution is -2.33. The van der Waals surface area contributed by atoms with Gasteiger partial charge in [0.2, 0.25) is 0 Å². The molecule has 1 atom stereocenters. The van der Waals surface area contributed by atoms with E-state index in [1.807, 2.05) is 51.1 Å². The van der Waals surface area contributed by atoms with Crippen LogP contribution in [-0.2, 0) is 4.79 Å². The van der Waals surface area contributed by atoms with Gasteiger partial charge in [0.05, 0.1) is 12.3 Å². The molecule has 4 nitrogen and oxygen atoms in total. The van der Waals surface area contributed by atoms with E-state index in [-0.39, 0.29) is 18.6 Å². The predicted octanol–water partition coefficient (Wildman–Crippen LogP) is 3.49. The van der Waals surface area contributed by atoms with Crippen LogP contribution < -0.4 is 4.74 Å². The number of hydrogen-bond acceptors (Lipinski definition) is 3. The van der Waals surface area contributed by atoms with Crippen molar-refractivity contribution >= 4 is 5.91 Å². The van der Waals surface area contributed by atoms with Crippen molar-refractivity contribution in [3.05, 3.63) is 53.5 Å². The lowest BCUT2D eigenvalue weighted by atomic mass is 10.1. The van der Waals surface area contributed by atoms with Gasteiger partial charge in [-0.1, -0.05) is 12.1 Å². The van der Waals surface area contributed by atoms with E-state index in [0.29, 0.717) is 0 Å². The molecule has 1 aromatic heterocycles. The SMILES string of the molecule is Cc1ccc(C)c(OCC(=O)N(C)C(C)c2ccco2)c1. The Kier molecular flexibility index (Phi) is 4.68. The summed E-state index contributed by atoms with van der Waals surface area (Å²) >= 11 is 0. The van der Waals surface area contributed by atoms with E-state index in [1.165, 1.54) is 0 Å². The summed E-state index contributed by atoms with van der Waals surface area (Å²) in [6.07, 6.45) is 1.61. The van der Waals surface area contributed by atoms with E-state index >= 15 is 0 Å². The largest absolute Gasteiger partial charge is 0.483 e. The fourth-order valence-electron chi connectivity index (χ4n) is 2.04.